The molecule has 0 spiro atoms. The molecule has 2 rings (SSSR count). The lowest BCUT2D eigenvalue weighted by Crippen LogP contribution is -2.81. The van der Waals surface area contributed by atoms with Gasteiger partial charge in [0.25, 0.3) is 0 Å². The Kier molecular flexibility index (Phi) is 5.01. The van der Waals surface area contributed by atoms with Gasteiger partial charge in [-0.2, -0.15) is 0 Å². The van der Waals surface area contributed by atoms with Crippen LogP contribution in [0.2, 0.25) is 63.5 Å². The van der Waals surface area contributed by atoms with Gasteiger partial charge in [-0.3, -0.25) is 0 Å². The number of hydrogen-bond acceptors (Lipinski definition) is 0. The fraction of sp³-hybridized carbons (Fsp3) is 1.00. The second kappa shape index (κ2) is 5.82. The SMILES string of the molecule is C[Si](C)(C)[Si]12CCCCC[Si]1([Si](C)(C)C)CCCCC2. The number of hydrogen-bond donors (Lipinski definition) is 0. The monoisotopic (exact) mass is 342 g/mol. The Balaban J connectivity index is 2.61. The summed E-state index contributed by atoms with van der Waals surface area (Å²) in [6.07, 6.45) is 9.65. The Bertz CT molecular complexity index is 291. The molecule has 0 aromatic carbocycles. The Labute approximate surface area is 131 Å². The van der Waals surface area contributed by atoms with Crippen LogP contribution >= 0.6 is 0 Å². The molecule has 2 aliphatic rings. The zero-order valence-corrected chi connectivity index (χ0v) is 19.1. The molecular formula is C16H38Si4. The van der Waals surface area contributed by atoms with Gasteiger partial charge >= 0.3 is 0 Å². The van der Waals surface area contributed by atoms with Crippen LogP contribution in [0.15, 0.2) is 0 Å². The second-order valence-electron chi connectivity index (χ2n) is 9.79. The van der Waals surface area contributed by atoms with E-state index in [1.807, 2.05) is 0 Å². The minimum absolute atomic E-state index is 0.948. The maximum atomic E-state index is 2.80. The van der Waals surface area contributed by atoms with Crippen molar-refractivity contribution in [2.45, 2.75) is 102 Å². The summed E-state index contributed by atoms with van der Waals surface area (Å²) in [6, 6.07) is 7.11. The van der Waals surface area contributed by atoms with Gasteiger partial charge in [0, 0.05) is 29.4 Å². The van der Waals surface area contributed by atoms with Crippen LogP contribution in [0.1, 0.15) is 38.5 Å². The highest BCUT2D eigenvalue weighted by Crippen LogP contribution is 2.51. The summed E-state index contributed by atoms with van der Waals surface area (Å²) in [6.45, 7) is 16.8. The maximum absolute atomic E-state index is 2.80. The van der Waals surface area contributed by atoms with Gasteiger partial charge in [0.05, 0.1) is 0 Å². The highest BCUT2D eigenvalue weighted by Gasteiger charge is 2.64. The molecule has 2 saturated heterocycles. The first-order chi connectivity index (χ1) is 9.16. The van der Waals surface area contributed by atoms with E-state index in [1.165, 1.54) is 0 Å². The van der Waals surface area contributed by atoms with E-state index in [-0.39, 0.29) is 0 Å². The molecule has 118 valence electrons. The topological polar surface area (TPSA) is 0 Å². The first kappa shape index (κ1) is 17.2. The second-order valence-corrected chi connectivity index (χ2v) is 48.6. The van der Waals surface area contributed by atoms with Crippen molar-refractivity contribution in [1.29, 1.82) is 0 Å². The predicted octanol–water partition coefficient (Wildman–Crippen LogP) is 6.16. The lowest BCUT2D eigenvalue weighted by molar-refractivity contribution is 0.743. The van der Waals surface area contributed by atoms with Gasteiger partial charge < -0.3 is 0 Å². The molecule has 20 heavy (non-hydrogen) atoms. The van der Waals surface area contributed by atoms with Crippen LogP contribution in [-0.4, -0.2) is 29.4 Å². The Morgan fingerprint density at radius 1 is 0.450 bits per heavy atom. The Morgan fingerprint density at radius 2 is 0.700 bits per heavy atom. The van der Waals surface area contributed by atoms with E-state index in [1.54, 1.807) is 62.7 Å². The molecule has 4 heteroatoms. The van der Waals surface area contributed by atoms with Crippen molar-refractivity contribution in [3.8, 4) is 0 Å². The summed E-state index contributed by atoms with van der Waals surface area (Å²) in [5, 5.41) is 0. The van der Waals surface area contributed by atoms with Crippen molar-refractivity contribution in [1.82, 2.24) is 0 Å². The highest BCUT2D eigenvalue weighted by molar-refractivity contribution is 7.83. The maximum Gasteiger partial charge on any atom is 0.0400 e. The van der Waals surface area contributed by atoms with Crippen molar-refractivity contribution >= 4 is 29.4 Å². The minimum atomic E-state index is -0.951. The highest BCUT2D eigenvalue weighted by atomic mass is 29.8. The van der Waals surface area contributed by atoms with Crippen molar-refractivity contribution in [2.75, 3.05) is 0 Å². The molecule has 0 amide bonds. The van der Waals surface area contributed by atoms with Crippen LogP contribution in [0.5, 0.6) is 0 Å². The predicted molar refractivity (Wildman–Crippen MR) is 105 cm³/mol. The van der Waals surface area contributed by atoms with Crippen molar-refractivity contribution in [3.63, 3.8) is 0 Å². The summed E-state index contributed by atoms with van der Waals surface area (Å²) in [7, 11) is -3.80. The van der Waals surface area contributed by atoms with Crippen molar-refractivity contribution < 1.29 is 0 Å². The van der Waals surface area contributed by atoms with Crippen LogP contribution < -0.4 is 0 Å². The van der Waals surface area contributed by atoms with E-state index >= 15 is 0 Å². The van der Waals surface area contributed by atoms with Gasteiger partial charge in [0.1, 0.15) is 0 Å². The fourth-order valence-corrected chi connectivity index (χ4v) is 96.1. The molecule has 0 nitrogen and oxygen atoms in total. The molecule has 0 radical (unpaired) electrons. The first-order valence-electron chi connectivity index (χ1n) is 9.16. The van der Waals surface area contributed by atoms with E-state index in [9.17, 15) is 0 Å². The van der Waals surface area contributed by atoms with Crippen LogP contribution in [0.4, 0.5) is 0 Å². The van der Waals surface area contributed by atoms with Gasteiger partial charge in [-0.25, -0.2) is 0 Å². The van der Waals surface area contributed by atoms with Gasteiger partial charge in [0.15, 0.2) is 0 Å². The molecule has 2 fully saturated rings. The third-order valence-corrected chi connectivity index (χ3v) is 72.7. The molecule has 2 aliphatic heterocycles. The van der Waals surface area contributed by atoms with Crippen molar-refractivity contribution in [3.05, 3.63) is 0 Å². The van der Waals surface area contributed by atoms with E-state index in [2.05, 4.69) is 39.3 Å². The zero-order valence-electron chi connectivity index (χ0n) is 15.1. The van der Waals surface area contributed by atoms with Gasteiger partial charge in [-0.15, -0.1) is 0 Å². The summed E-state index contributed by atoms with van der Waals surface area (Å²) in [5.74, 6) is 0. The van der Waals surface area contributed by atoms with E-state index < -0.39 is 29.4 Å². The zero-order chi connectivity index (χ0) is 15.1. The fourth-order valence-electron chi connectivity index (χ4n) is 6.20. The largest absolute Gasteiger partial charge is 0.0717 e. The standard InChI is InChI=1S/C16H38Si4/c1-17(2,3)19-13-9-7-11-15-20(19,18(4,5)6)16-12-8-10-14-19/h7-16H2,1-6H3. The number of rotatable bonds is 2. The van der Waals surface area contributed by atoms with Gasteiger partial charge in [-0.1, -0.05) is 102 Å². The summed E-state index contributed by atoms with van der Waals surface area (Å²) >= 11 is 0. The smallest absolute Gasteiger partial charge is 0.0400 e. The summed E-state index contributed by atoms with van der Waals surface area (Å²) in [4.78, 5) is 0. The quantitative estimate of drug-likeness (QED) is 0.527. The molecule has 0 bridgehead atoms. The lowest BCUT2D eigenvalue weighted by Gasteiger charge is -2.59. The lowest BCUT2D eigenvalue weighted by atomic mass is 10.3. The molecule has 0 aliphatic carbocycles. The molecule has 0 saturated carbocycles. The molecule has 0 unspecified atom stereocenters. The van der Waals surface area contributed by atoms with Gasteiger partial charge in [0.2, 0.25) is 0 Å². The molecular weight excluding hydrogens is 305 g/mol. The van der Waals surface area contributed by atoms with Crippen molar-refractivity contribution in [2.24, 2.45) is 0 Å². The van der Waals surface area contributed by atoms with Crippen LogP contribution in [0.3, 0.4) is 0 Å². The van der Waals surface area contributed by atoms with E-state index in [4.69, 9.17) is 0 Å². The third kappa shape index (κ3) is 2.63. The van der Waals surface area contributed by atoms with E-state index in [0.717, 1.165) is 0 Å². The Morgan fingerprint density at radius 3 is 0.900 bits per heavy atom. The van der Waals surface area contributed by atoms with Crippen LogP contribution in [0, 0.1) is 0 Å². The summed E-state index contributed by atoms with van der Waals surface area (Å²) in [5.41, 5.74) is 0. The van der Waals surface area contributed by atoms with Crippen LogP contribution in [0.25, 0.3) is 0 Å². The first-order valence-corrected chi connectivity index (χ1v) is 24.0. The van der Waals surface area contributed by atoms with Crippen LogP contribution in [-0.2, 0) is 0 Å². The normalized spacial score (nSPS) is 36.9. The third-order valence-electron chi connectivity index (χ3n) is 7.20. The van der Waals surface area contributed by atoms with Gasteiger partial charge in [-0.05, 0) is 0 Å². The molecule has 0 aromatic rings. The molecule has 2 heterocycles. The summed E-state index contributed by atoms with van der Waals surface area (Å²) < 4.78 is 0. The molecule has 0 N–H and O–H groups in total. The van der Waals surface area contributed by atoms with E-state index in [0.29, 0.717) is 0 Å². The average Bonchev–Trinajstić information content (AvgIpc) is 2.57. The Hall–Kier alpha value is 0.868. The average molecular weight is 343 g/mol. The minimum Gasteiger partial charge on any atom is -0.0717 e. The molecule has 0 aromatic heterocycles. The number of fused-ring (bicyclic) bond motifs is 1. The molecule has 0 atom stereocenters.